The van der Waals surface area contributed by atoms with Crippen LogP contribution in [0.25, 0.3) is 6.08 Å². The van der Waals surface area contributed by atoms with Crippen LogP contribution in [0.15, 0.2) is 47.8 Å². The minimum atomic E-state index is 0.512. The lowest BCUT2D eigenvalue weighted by molar-refractivity contribution is 0.226. The quantitative estimate of drug-likeness (QED) is 0.409. The molecule has 0 spiro atoms. The number of piperidine rings is 1. The first-order valence-electron chi connectivity index (χ1n) is 12.0. The molecule has 2 fully saturated rings. The van der Waals surface area contributed by atoms with Crippen molar-refractivity contribution in [2.24, 2.45) is 0 Å². The Morgan fingerprint density at radius 1 is 1.03 bits per heavy atom. The fraction of sp³-hybridized carbons (Fsp3) is 0.538. The molecule has 1 aromatic heterocycles. The van der Waals surface area contributed by atoms with Crippen molar-refractivity contribution in [3.05, 3.63) is 53.9 Å². The molecular weight excluding hydrogens is 414 g/mol. The molecule has 2 saturated heterocycles. The monoisotopic (exact) mass is 451 g/mol. The zero-order valence-electron chi connectivity index (χ0n) is 19.6. The molecule has 4 rings (SSSR count). The Hall–Kier alpha value is -1.89. The summed E-state index contributed by atoms with van der Waals surface area (Å²) in [6.07, 6.45) is 11.7. The largest absolute Gasteiger partial charge is 0.378 e. The number of benzene rings is 1. The van der Waals surface area contributed by atoms with Gasteiger partial charge in [0.05, 0.1) is 0 Å². The van der Waals surface area contributed by atoms with E-state index in [4.69, 9.17) is 4.98 Å². The smallest absolute Gasteiger partial charge is 0.187 e. The van der Waals surface area contributed by atoms with Crippen LogP contribution >= 0.6 is 11.8 Å². The van der Waals surface area contributed by atoms with E-state index in [1.54, 1.807) is 0 Å². The van der Waals surface area contributed by atoms with Gasteiger partial charge in [-0.15, -0.1) is 0 Å². The number of hydrogen-bond acceptors (Lipinski definition) is 6. The number of rotatable bonds is 9. The first-order chi connectivity index (χ1) is 15.7. The van der Waals surface area contributed by atoms with Gasteiger partial charge in [0.1, 0.15) is 0 Å². The first kappa shape index (κ1) is 23.3. The third kappa shape index (κ3) is 6.80. The molecule has 0 saturated carbocycles. The van der Waals surface area contributed by atoms with E-state index in [0.717, 1.165) is 30.5 Å². The molecule has 6 heteroatoms. The molecule has 0 amide bonds. The third-order valence-electron chi connectivity index (χ3n) is 6.50. The molecule has 32 heavy (non-hydrogen) atoms. The maximum absolute atomic E-state index is 4.93. The second-order valence-corrected chi connectivity index (χ2v) is 10.2. The summed E-state index contributed by atoms with van der Waals surface area (Å²) >= 11 is 1.81. The van der Waals surface area contributed by atoms with E-state index in [-0.39, 0.29) is 0 Å². The zero-order chi connectivity index (χ0) is 22.2. The van der Waals surface area contributed by atoms with Gasteiger partial charge in [-0.1, -0.05) is 36.0 Å². The molecule has 2 aromatic rings. The van der Waals surface area contributed by atoms with Crippen LogP contribution in [0.3, 0.4) is 0 Å². The van der Waals surface area contributed by atoms with Crippen molar-refractivity contribution in [1.82, 2.24) is 19.8 Å². The van der Waals surface area contributed by atoms with E-state index in [0.29, 0.717) is 5.92 Å². The minimum Gasteiger partial charge on any atom is -0.378 e. The van der Waals surface area contributed by atoms with Gasteiger partial charge in [-0.05, 0) is 69.1 Å². The second-order valence-electron chi connectivity index (χ2n) is 9.15. The van der Waals surface area contributed by atoms with E-state index >= 15 is 0 Å². The van der Waals surface area contributed by atoms with E-state index in [1.165, 1.54) is 62.3 Å². The van der Waals surface area contributed by atoms with Crippen molar-refractivity contribution in [2.45, 2.75) is 36.8 Å². The average Bonchev–Trinajstić information content (AvgIpc) is 3.33. The summed E-state index contributed by atoms with van der Waals surface area (Å²) in [7, 11) is 4.15. The lowest BCUT2D eigenvalue weighted by Crippen LogP contribution is -2.34. The fourth-order valence-electron chi connectivity index (χ4n) is 4.61. The van der Waals surface area contributed by atoms with Crippen LogP contribution in [0.2, 0.25) is 0 Å². The standard InChI is InChI=1S/C26H37N5S/c1-29(2)24-11-9-22(10-12-24)7-5-17-31-18-6-8-23(21-31)25-13-14-27-26(28-25)32-20-19-30-15-3-4-16-30/h5,7,9-14,23H,3-4,6,8,15-21H2,1-2H3/b7-5+/t23-/m0/s1. The van der Waals surface area contributed by atoms with Gasteiger partial charge in [0, 0.05) is 63.0 Å². The maximum Gasteiger partial charge on any atom is 0.187 e. The Morgan fingerprint density at radius 3 is 2.59 bits per heavy atom. The molecule has 1 aromatic carbocycles. The molecule has 1 atom stereocenters. The summed E-state index contributed by atoms with van der Waals surface area (Å²) in [4.78, 5) is 16.7. The number of anilines is 1. The van der Waals surface area contributed by atoms with Crippen LogP contribution in [-0.4, -0.2) is 78.9 Å². The first-order valence-corrected chi connectivity index (χ1v) is 13.0. The SMILES string of the molecule is CN(C)c1ccc(/C=C/CN2CCC[C@H](c3ccnc(SCCN4CCCC4)n3)C2)cc1. The van der Waals surface area contributed by atoms with E-state index in [9.17, 15) is 0 Å². The van der Waals surface area contributed by atoms with Crippen molar-refractivity contribution in [2.75, 3.05) is 64.0 Å². The van der Waals surface area contributed by atoms with Crippen LogP contribution in [-0.2, 0) is 0 Å². The Kier molecular flexibility index (Phi) is 8.60. The number of aromatic nitrogens is 2. The van der Waals surface area contributed by atoms with E-state index < -0.39 is 0 Å². The van der Waals surface area contributed by atoms with Crippen LogP contribution in [0.5, 0.6) is 0 Å². The van der Waals surface area contributed by atoms with Crippen LogP contribution in [0.1, 0.15) is 42.9 Å². The van der Waals surface area contributed by atoms with Crippen molar-refractivity contribution in [1.29, 1.82) is 0 Å². The fourth-order valence-corrected chi connectivity index (χ4v) is 5.44. The molecule has 2 aliphatic rings. The molecule has 0 radical (unpaired) electrons. The van der Waals surface area contributed by atoms with Gasteiger partial charge in [-0.25, -0.2) is 9.97 Å². The van der Waals surface area contributed by atoms with Crippen LogP contribution < -0.4 is 4.90 Å². The predicted octanol–water partition coefficient (Wildman–Crippen LogP) is 4.62. The lowest BCUT2D eigenvalue weighted by atomic mass is 9.94. The van der Waals surface area contributed by atoms with Crippen LogP contribution in [0, 0.1) is 0 Å². The van der Waals surface area contributed by atoms with Gasteiger partial charge in [-0.3, -0.25) is 4.90 Å². The Labute approximate surface area is 197 Å². The summed E-state index contributed by atoms with van der Waals surface area (Å²) in [5.41, 5.74) is 3.71. The highest BCUT2D eigenvalue weighted by Gasteiger charge is 2.22. The summed E-state index contributed by atoms with van der Waals surface area (Å²) in [6.45, 7) is 6.92. The molecule has 3 heterocycles. The highest BCUT2D eigenvalue weighted by atomic mass is 32.2. The third-order valence-corrected chi connectivity index (χ3v) is 7.34. The summed E-state index contributed by atoms with van der Waals surface area (Å²) in [5.74, 6) is 1.60. The molecular formula is C26H37N5S. The molecule has 2 aliphatic heterocycles. The summed E-state index contributed by atoms with van der Waals surface area (Å²) < 4.78 is 0. The minimum absolute atomic E-state index is 0.512. The van der Waals surface area contributed by atoms with Crippen molar-refractivity contribution >= 4 is 23.5 Å². The van der Waals surface area contributed by atoms with E-state index in [2.05, 4.69) is 76.3 Å². The summed E-state index contributed by atoms with van der Waals surface area (Å²) in [5, 5.41) is 0.944. The van der Waals surface area contributed by atoms with Gasteiger partial charge in [0.15, 0.2) is 5.16 Å². The van der Waals surface area contributed by atoms with Gasteiger partial charge >= 0.3 is 0 Å². The molecule has 5 nitrogen and oxygen atoms in total. The predicted molar refractivity (Wildman–Crippen MR) is 137 cm³/mol. The normalized spacial score (nSPS) is 20.2. The van der Waals surface area contributed by atoms with Gasteiger partial charge < -0.3 is 9.80 Å². The average molecular weight is 452 g/mol. The molecule has 0 bridgehead atoms. The summed E-state index contributed by atoms with van der Waals surface area (Å²) in [6, 6.07) is 10.9. The van der Waals surface area contributed by atoms with E-state index in [1.807, 2.05) is 18.0 Å². The number of thioether (sulfide) groups is 1. The van der Waals surface area contributed by atoms with Crippen LogP contribution in [0.4, 0.5) is 5.69 Å². The van der Waals surface area contributed by atoms with Gasteiger partial charge in [-0.2, -0.15) is 0 Å². The highest BCUT2D eigenvalue weighted by Crippen LogP contribution is 2.27. The van der Waals surface area contributed by atoms with Crippen molar-refractivity contribution in [3.8, 4) is 0 Å². The topological polar surface area (TPSA) is 35.5 Å². The van der Waals surface area contributed by atoms with Crippen molar-refractivity contribution < 1.29 is 0 Å². The lowest BCUT2D eigenvalue weighted by Gasteiger charge is -2.31. The van der Waals surface area contributed by atoms with Gasteiger partial charge in [0.2, 0.25) is 0 Å². The zero-order valence-corrected chi connectivity index (χ0v) is 20.4. The Balaban J connectivity index is 1.26. The van der Waals surface area contributed by atoms with Gasteiger partial charge in [0.25, 0.3) is 0 Å². The number of likely N-dealkylation sites (tertiary alicyclic amines) is 2. The molecule has 0 unspecified atom stereocenters. The highest BCUT2D eigenvalue weighted by molar-refractivity contribution is 7.99. The number of nitrogens with zero attached hydrogens (tertiary/aromatic N) is 5. The molecule has 0 N–H and O–H groups in total. The molecule has 172 valence electrons. The number of hydrogen-bond donors (Lipinski definition) is 0. The second kappa shape index (κ2) is 11.8. The Morgan fingerprint density at radius 2 is 1.81 bits per heavy atom. The molecule has 0 aliphatic carbocycles. The maximum atomic E-state index is 4.93. The van der Waals surface area contributed by atoms with Crippen molar-refractivity contribution in [3.63, 3.8) is 0 Å². The Bertz CT molecular complexity index is 861.